The van der Waals surface area contributed by atoms with Crippen LogP contribution in [-0.2, 0) is 17.6 Å². The number of nitrogens with one attached hydrogen (secondary N) is 2. The van der Waals surface area contributed by atoms with Gasteiger partial charge in [-0.3, -0.25) is 9.89 Å². The lowest BCUT2D eigenvalue weighted by molar-refractivity contribution is -0.115. The minimum Gasteiger partial charge on any atom is -0.491 e. The van der Waals surface area contributed by atoms with Gasteiger partial charge in [0, 0.05) is 28.9 Å². The molecule has 3 rings (SSSR count). The summed E-state index contributed by atoms with van der Waals surface area (Å²) in [5.74, 6) is 0.589. The normalized spacial score (nSPS) is 12.9. The monoisotopic (exact) mass is 277 g/mol. The van der Waals surface area contributed by atoms with Crippen LogP contribution in [0.1, 0.15) is 11.3 Å². The van der Waals surface area contributed by atoms with Gasteiger partial charge in [-0.15, -0.1) is 0 Å². The largest absolute Gasteiger partial charge is 0.491 e. The van der Waals surface area contributed by atoms with Gasteiger partial charge >= 0.3 is 0 Å². The molecule has 98 valence electrons. The Morgan fingerprint density at radius 1 is 1.53 bits per heavy atom. The predicted octanol–water partition coefficient (Wildman–Crippen LogP) is 2.18. The van der Waals surface area contributed by atoms with Crippen LogP contribution in [0.25, 0.3) is 0 Å². The second-order valence-corrected chi connectivity index (χ2v) is 4.78. The van der Waals surface area contributed by atoms with E-state index >= 15 is 0 Å². The molecule has 5 nitrogen and oxygen atoms in total. The third kappa shape index (κ3) is 2.56. The summed E-state index contributed by atoms with van der Waals surface area (Å²) in [6.45, 7) is 0.624. The van der Waals surface area contributed by atoms with Crippen LogP contribution < -0.4 is 10.1 Å². The molecular formula is C13H12ClN3O2. The Morgan fingerprint density at radius 2 is 2.42 bits per heavy atom. The molecule has 1 aliphatic rings. The number of anilines is 1. The van der Waals surface area contributed by atoms with Crippen LogP contribution in [0.5, 0.6) is 5.75 Å². The van der Waals surface area contributed by atoms with Gasteiger partial charge in [0.1, 0.15) is 5.75 Å². The molecule has 0 fully saturated rings. The van der Waals surface area contributed by atoms with Crippen molar-refractivity contribution in [1.29, 1.82) is 0 Å². The van der Waals surface area contributed by atoms with E-state index in [4.69, 9.17) is 16.3 Å². The van der Waals surface area contributed by atoms with E-state index in [0.717, 1.165) is 23.4 Å². The number of aromatic amines is 1. The maximum Gasteiger partial charge on any atom is 0.230 e. The molecule has 6 heteroatoms. The number of nitrogens with zero attached hydrogens (tertiary/aromatic N) is 1. The summed E-state index contributed by atoms with van der Waals surface area (Å²) < 4.78 is 5.53. The number of fused-ring (bicyclic) bond motifs is 1. The van der Waals surface area contributed by atoms with Gasteiger partial charge < -0.3 is 10.1 Å². The van der Waals surface area contributed by atoms with Crippen molar-refractivity contribution in [2.75, 3.05) is 11.9 Å². The van der Waals surface area contributed by atoms with Crippen molar-refractivity contribution in [3.05, 3.63) is 40.7 Å². The lowest BCUT2D eigenvalue weighted by atomic mass is 10.1. The Morgan fingerprint density at radius 3 is 3.21 bits per heavy atom. The van der Waals surface area contributed by atoms with Crippen LogP contribution in [0.2, 0.25) is 5.02 Å². The van der Waals surface area contributed by atoms with Gasteiger partial charge in [-0.25, -0.2) is 0 Å². The zero-order valence-electron chi connectivity index (χ0n) is 10.1. The van der Waals surface area contributed by atoms with E-state index in [1.807, 2.05) is 6.07 Å². The Labute approximate surface area is 114 Å². The van der Waals surface area contributed by atoms with E-state index in [0.29, 0.717) is 17.3 Å². The van der Waals surface area contributed by atoms with Crippen LogP contribution in [0.4, 0.5) is 5.69 Å². The minimum absolute atomic E-state index is 0.135. The summed E-state index contributed by atoms with van der Waals surface area (Å²) in [4.78, 5) is 11.9. The molecule has 2 heterocycles. The van der Waals surface area contributed by atoms with E-state index in [1.165, 1.54) is 0 Å². The third-order valence-corrected chi connectivity index (χ3v) is 3.15. The summed E-state index contributed by atoms with van der Waals surface area (Å²) >= 11 is 6.03. The zero-order chi connectivity index (χ0) is 13.2. The first-order chi connectivity index (χ1) is 9.22. The van der Waals surface area contributed by atoms with Crippen molar-refractivity contribution in [2.45, 2.75) is 12.8 Å². The number of aromatic nitrogens is 2. The average molecular weight is 278 g/mol. The van der Waals surface area contributed by atoms with Crippen molar-refractivity contribution in [3.63, 3.8) is 0 Å². The average Bonchev–Trinajstić information content (AvgIpc) is 2.99. The maximum absolute atomic E-state index is 11.9. The third-order valence-electron chi connectivity index (χ3n) is 2.93. The van der Waals surface area contributed by atoms with Crippen molar-refractivity contribution in [1.82, 2.24) is 10.2 Å². The molecule has 1 aromatic carbocycles. The molecular weight excluding hydrogens is 266 g/mol. The number of H-pyrrole nitrogens is 1. The molecule has 0 atom stereocenters. The topological polar surface area (TPSA) is 67.0 Å². The van der Waals surface area contributed by atoms with E-state index in [-0.39, 0.29) is 12.3 Å². The smallest absolute Gasteiger partial charge is 0.230 e. The first-order valence-corrected chi connectivity index (χ1v) is 6.33. The summed E-state index contributed by atoms with van der Waals surface area (Å²) in [6, 6.07) is 5.34. The number of carbonyl (C=O) groups is 1. The predicted molar refractivity (Wildman–Crippen MR) is 71.6 cm³/mol. The van der Waals surface area contributed by atoms with Gasteiger partial charge in [0.15, 0.2) is 0 Å². The first kappa shape index (κ1) is 12.0. The molecule has 0 bridgehead atoms. The van der Waals surface area contributed by atoms with Crippen LogP contribution in [0.3, 0.4) is 0 Å². The van der Waals surface area contributed by atoms with E-state index in [9.17, 15) is 4.79 Å². The molecule has 1 amide bonds. The zero-order valence-corrected chi connectivity index (χ0v) is 10.8. The lowest BCUT2D eigenvalue weighted by Crippen LogP contribution is -2.15. The Hall–Kier alpha value is -2.01. The van der Waals surface area contributed by atoms with Gasteiger partial charge in [-0.1, -0.05) is 11.6 Å². The van der Waals surface area contributed by atoms with Crippen molar-refractivity contribution in [3.8, 4) is 5.75 Å². The van der Waals surface area contributed by atoms with Gasteiger partial charge in [-0.05, 0) is 18.2 Å². The van der Waals surface area contributed by atoms with Gasteiger partial charge in [0.25, 0.3) is 0 Å². The van der Waals surface area contributed by atoms with E-state index in [2.05, 4.69) is 15.5 Å². The molecule has 0 unspecified atom stereocenters. The summed E-state index contributed by atoms with van der Waals surface area (Å²) in [6.07, 6.45) is 2.67. The number of rotatable bonds is 3. The van der Waals surface area contributed by atoms with Crippen molar-refractivity contribution in [2.24, 2.45) is 0 Å². The number of amides is 1. The fraction of sp³-hybridized carbons (Fsp3) is 0.231. The maximum atomic E-state index is 11.9. The highest BCUT2D eigenvalue weighted by Crippen LogP contribution is 2.36. The molecule has 1 aliphatic heterocycles. The number of benzene rings is 1. The number of halogens is 1. The van der Waals surface area contributed by atoms with Crippen LogP contribution in [-0.4, -0.2) is 22.7 Å². The SMILES string of the molecule is O=C(Cc1ccn[nH]1)Nc1cc(Cl)cc2c1OCC2. The molecule has 0 radical (unpaired) electrons. The van der Waals surface area contributed by atoms with Crippen LogP contribution in [0, 0.1) is 0 Å². The quantitative estimate of drug-likeness (QED) is 0.904. The Balaban J connectivity index is 1.78. The molecule has 0 saturated carbocycles. The Kier molecular flexibility index (Phi) is 3.13. The number of ether oxygens (including phenoxy) is 1. The summed E-state index contributed by atoms with van der Waals surface area (Å²) in [5.41, 5.74) is 2.42. The highest BCUT2D eigenvalue weighted by molar-refractivity contribution is 6.31. The highest BCUT2D eigenvalue weighted by atomic mass is 35.5. The van der Waals surface area contributed by atoms with E-state index in [1.54, 1.807) is 18.3 Å². The van der Waals surface area contributed by atoms with E-state index < -0.39 is 0 Å². The minimum atomic E-state index is -0.135. The first-order valence-electron chi connectivity index (χ1n) is 5.96. The second kappa shape index (κ2) is 4.93. The fourth-order valence-electron chi connectivity index (χ4n) is 2.11. The van der Waals surface area contributed by atoms with Crippen LogP contribution in [0.15, 0.2) is 24.4 Å². The molecule has 0 saturated heterocycles. The second-order valence-electron chi connectivity index (χ2n) is 4.35. The van der Waals surface area contributed by atoms with Crippen molar-refractivity contribution >= 4 is 23.2 Å². The van der Waals surface area contributed by atoms with Gasteiger partial charge in [0.2, 0.25) is 5.91 Å². The lowest BCUT2D eigenvalue weighted by Gasteiger charge is -2.10. The van der Waals surface area contributed by atoms with Gasteiger partial charge in [-0.2, -0.15) is 5.10 Å². The highest BCUT2D eigenvalue weighted by Gasteiger charge is 2.19. The number of hydrogen-bond acceptors (Lipinski definition) is 3. The van der Waals surface area contributed by atoms with Crippen LogP contribution >= 0.6 is 11.6 Å². The van der Waals surface area contributed by atoms with Gasteiger partial charge in [0.05, 0.1) is 18.7 Å². The van der Waals surface area contributed by atoms with Crippen molar-refractivity contribution < 1.29 is 9.53 Å². The fourth-order valence-corrected chi connectivity index (χ4v) is 2.35. The number of hydrogen-bond donors (Lipinski definition) is 2. The molecule has 2 N–H and O–H groups in total. The molecule has 0 spiro atoms. The number of carbonyl (C=O) groups excluding carboxylic acids is 1. The Bertz CT molecular complexity index is 611. The molecule has 2 aromatic rings. The molecule has 1 aromatic heterocycles. The summed E-state index contributed by atoms with van der Waals surface area (Å²) in [7, 11) is 0. The molecule has 0 aliphatic carbocycles. The standard InChI is InChI=1S/C13H12ClN3O2/c14-9-5-8-2-4-19-13(8)11(6-9)16-12(18)7-10-1-3-15-17-10/h1,3,5-6H,2,4,7H2,(H,15,17)(H,16,18). The molecule has 19 heavy (non-hydrogen) atoms. The summed E-state index contributed by atoms with van der Waals surface area (Å²) in [5, 5.41) is 9.98.